The average Bonchev–Trinajstić information content (AvgIpc) is 2.37. The lowest BCUT2D eigenvalue weighted by molar-refractivity contribution is -0.245. The fourth-order valence-corrected chi connectivity index (χ4v) is 1.28. The predicted molar refractivity (Wildman–Crippen MR) is 59.6 cm³/mol. The predicted octanol–water partition coefficient (Wildman–Crippen LogP) is -0.252. The lowest BCUT2D eigenvalue weighted by Crippen LogP contribution is -2.40. The minimum absolute atomic E-state index is 0.102. The van der Waals surface area contributed by atoms with Crippen molar-refractivity contribution in [3.63, 3.8) is 0 Å². The maximum atomic E-state index is 11.5. The fourth-order valence-electron chi connectivity index (χ4n) is 1.28. The first kappa shape index (κ1) is 14.4. The van der Waals surface area contributed by atoms with E-state index in [1.54, 1.807) is 17.6 Å². The largest absolute Gasteiger partial charge is 0.508 e. The van der Waals surface area contributed by atoms with Crippen molar-refractivity contribution in [3.05, 3.63) is 29.8 Å². The molecule has 18 heavy (non-hydrogen) atoms. The van der Waals surface area contributed by atoms with Gasteiger partial charge < -0.3 is 24.9 Å². The van der Waals surface area contributed by atoms with Crippen molar-refractivity contribution in [2.75, 3.05) is 7.11 Å². The van der Waals surface area contributed by atoms with Gasteiger partial charge in [0.15, 0.2) is 0 Å². The van der Waals surface area contributed by atoms with E-state index in [0.717, 1.165) is 0 Å². The summed E-state index contributed by atoms with van der Waals surface area (Å²) in [6.45, 7) is -1.67. The number of aliphatic hydroxyl groups is 1. The lowest BCUT2D eigenvalue weighted by atomic mass is 10.1. The average molecular weight is 257 g/mol. The number of carbonyl (C=O) groups is 1. The van der Waals surface area contributed by atoms with Crippen LogP contribution in [0, 0.1) is 0 Å². The standard InChI is InChI=1S/C11H15NO6/c1-17-11(15)18-10(14)9(12-16)6-7-2-4-8(13)5-3-7/h2-5,9,11-13,15-16H,6H2,1H3/t9-,11?/m0/s1. The number of methoxy groups -OCH3 is 1. The van der Waals surface area contributed by atoms with E-state index in [1.807, 2.05) is 0 Å². The maximum Gasteiger partial charge on any atom is 0.329 e. The Labute approximate surface area is 104 Å². The zero-order valence-corrected chi connectivity index (χ0v) is 9.74. The minimum Gasteiger partial charge on any atom is -0.508 e. The van der Waals surface area contributed by atoms with Gasteiger partial charge in [-0.3, -0.25) is 4.79 Å². The van der Waals surface area contributed by atoms with E-state index >= 15 is 0 Å². The second-order valence-electron chi connectivity index (χ2n) is 3.53. The number of aliphatic hydroxyl groups excluding tert-OH is 1. The number of aromatic hydroxyl groups is 1. The summed E-state index contributed by atoms with van der Waals surface area (Å²) < 4.78 is 8.82. The maximum absolute atomic E-state index is 11.5. The Morgan fingerprint density at radius 2 is 2.00 bits per heavy atom. The summed E-state index contributed by atoms with van der Waals surface area (Å²) in [5, 5.41) is 26.9. The summed E-state index contributed by atoms with van der Waals surface area (Å²) in [7, 11) is 1.17. The molecule has 0 aliphatic rings. The normalized spacial score (nSPS) is 13.9. The van der Waals surface area contributed by atoms with Gasteiger partial charge in [-0.15, -0.1) is 0 Å². The van der Waals surface area contributed by atoms with E-state index in [0.29, 0.717) is 5.56 Å². The molecule has 0 bridgehead atoms. The van der Waals surface area contributed by atoms with Crippen molar-refractivity contribution in [2.45, 2.75) is 18.9 Å². The van der Waals surface area contributed by atoms with E-state index in [9.17, 15) is 4.79 Å². The van der Waals surface area contributed by atoms with Gasteiger partial charge in [0.25, 0.3) is 0 Å². The highest BCUT2D eigenvalue weighted by atomic mass is 16.8. The Hall–Kier alpha value is -1.67. The molecule has 4 N–H and O–H groups in total. The van der Waals surface area contributed by atoms with Crippen LogP contribution in [0.25, 0.3) is 0 Å². The van der Waals surface area contributed by atoms with Crippen LogP contribution in [0.3, 0.4) is 0 Å². The van der Waals surface area contributed by atoms with Gasteiger partial charge in [-0.2, -0.15) is 5.48 Å². The van der Waals surface area contributed by atoms with Gasteiger partial charge in [0.2, 0.25) is 0 Å². The second kappa shape index (κ2) is 6.92. The highest BCUT2D eigenvalue weighted by Gasteiger charge is 2.22. The van der Waals surface area contributed by atoms with Gasteiger partial charge >= 0.3 is 12.4 Å². The highest BCUT2D eigenvalue weighted by Crippen LogP contribution is 2.11. The Morgan fingerprint density at radius 3 is 2.50 bits per heavy atom. The number of hydroxylamine groups is 1. The molecule has 0 amide bonds. The number of hydrogen-bond donors (Lipinski definition) is 4. The number of ether oxygens (including phenoxy) is 2. The molecule has 0 aromatic heterocycles. The highest BCUT2D eigenvalue weighted by molar-refractivity contribution is 5.76. The van der Waals surface area contributed by atoms with Gasteiger partial charge in [0.1, 0.15) is 11.8 Å². The molecule has 7 heteroatoms. The third kappa shape index (κ3) is 4.30. The monoisotopic (exact) mass is 257 g/mol. The van der Waals surface area contributed by atoms with Crippen LogP contribution in [0.4, 0.5) is 0 Å². The molecule has 0 aliphatic heterocycles. The molecule has 7 nitrogen and oxygen atoms in total. The topological polar surface area (TPSA) is 108 Å². The lowest BCUT2D eigenvalue weighted by Gasteiger charge is -2.16. The van der Waals surface area contributed by atoms with Crippen LogP contribution in [-0.2, 0) is 20.7 Å². The van der Waals surface area contributed by atoms with Gasteiger partial charge in [0.05, 0.1) is 0 Å². The molecular formula is C11H15NO6. The molecule has 0 spiro atoms. The first-order valence-electron chi connectivity index (χ1n) is 5.15. The Balaban J connectivity index is 2.61. The summed E-state index contributed by atoms with van der Waals surface area (Å²) in [6.07, 6.45) is 0.131. The summed E-state index contributed by atoms with van der Waals surface area (Å²) in [5.41, 5.74) is 2.49. The first-order valence-corrected chi connectivity index (χ1v) is 5.15. The van der Waals surface area contributed by atoms with Crippen molar-refractivity contribution in [1.82, 2.24) is 5.48 Å². The summed E-state index contributed by atoms with van der Waals surface area (Å²) in [6, 6.07) is 5.07. The third-order valence-corrected chi connectivity index (χ3v) is 2.24. The molecule has 0 saturated heterocycles. The number of rotatable bonds is 6. The van der Waals surface area contributed by atoms with E-state index in [1.165, 1.54) is 19.2 Å². The number of nitrogens with one attached hydrogen (secondary N) is 1. The molecule has 0 saturated carbocycles. The molecule has 0 heterocycles. The Morgan fingerprint density at radius 1 is 1.39 bits per heavy atom. The summed E-state index contributed by atoms with van der Waals surface area (Å²) >= 11 is 0. The van der Waals surface area contributed by atoms with E-state index in [-0.39, 0.29) is 12.2 Å². The smallest absolute Gasteiger partial charge is 0.329 e. The van der Waals surface area contributed by atoms with Crippen molar-refractivity contribution in [3.8, 4) is 5.75 Å². The number of esters is 1. The van der Waals surface area contributed by atoms with Crippen molar-refractivity contribution >= 4 is 5.97 Å². The molecule has 0 radical (unpaired) electrons. The molecule has 1 aromatic carbocycles. The summed E-state index contributed by atoms with van der Waals surface area (Å²) in [4.78, 5) is 11.5. The van der Waals surface area contributed by atoms with Crippen molar-refractivity contribution < 1.29 is 29.7 Å². The SMILES string of the molecule is COC(O)OC(=O)[C@H](Cc1ccc(O)cc1)NO. The molecule has 1 aromatic rings. The fraction of sp³-hybridized carbons (Fsp3) is 0.364. The molecule has 100 valence electrons. The quantitative estimate of drug-likeness (QED) is 0.316. The number of phenols is 1. The molecule has 2 atom stereocenters. The summed E-state index contributed by atoms with van der Waals surface area (Å²) in [5.74, 6) is -0.760. The molecule has 0 aliphatic carbocycles. The van der Waals surface area contributed by atoms with Gasteiger partial charge in [-0.1, -0.05) is 12.1 Å². The van der Waals surface area contributed by atoms with Crippen molar-refractivity contribution in [2.24, 2.45) is 0 Å². The van der Waals surface area contributed by atoms with Gasteiger partial charge in [-0.25, -0.2) is 0 Å². The number of carbonyl (C=O) groups excluding carboxylic acids is 1. The molecular weight excluding hydrogens is 242 g/mol. The minimum atomic E-state index is -1.67. The van der Waals surface area contributed by atoms with Gasteiger partial charge in [-0.05, 0) is 17.7 Å². The number of phenolic OH excluding ortho intramolecular Hbond substituents is 1. The van der Waals surface area contributed by atoms with Crippen LogP contribution in [0.2, 0.25) is 0 Å². The van der Waals surface area contributed by atoms with Gasteiger partial charge in [0, 0.05) is 13.5 Å². The van der Waals surface area contributed by atoms with Crippen molar-refractivity contribution in [1.29, 1.82) is 0 Å². The Bertz CT molecular complexity index is 380. The van der Waals surface area contributed by atoms with Crippen LogP contribution in [0.15, 0.2) is 24.3 Å². The second-order valence-corrected chi connectivity index (χ2v) is 3.53. The van der Waals surface area contributed by atoms with Crippen LogP contribution in [0.1, 0.15) is 5.56 Å². The van der Waals surface area contributed by atoms with Crippen LogP contribution in [-0.4, -0.2) is 41.0 Å². The van der Waals surface area contributed by atoms with E-state index in [2.05, 4.69) is 9.47 Å². The molecule has 1 rings (SSSR count). The zero-order chi connectivity index (χ0) is 13.5. The first-order chi connectivity index (χ1) is 8.56. The van der Waals surface area contributed by atoms with Crippen LogP contribution < -0.4 is 5.48 Å². The van der Waals surface area contributed by atoms with Crippen LogP contribution in [0.5, 0.6) is 5.75 Å². The van der Waals surface area contributed by atoms with E-state index < -0.39 is 18.5 Å². The van der Waals surface area contributed by atoms with E-state index in [4.69, 9.17) is 15.4 Å². The molecule has 0 fully saturated rings. The van der Waals surface area contributed by atoms with Crippen LogP contribution >= 0.6 is 0 Å². The third-order valence-electron chi connectivity index (χ3n) is 2.24. The molecule has 1 unspecified atom stereocenters. The number of hydrogen-bond acceptors (Lipinski definition) is 7. The Kier molecular flexibility index (Phi) is 5.53. The zero-order valence-electron chi connectivity index (χ0n) is 9.74. The number of benzene rings is 1.